The standard InChI is InChI=1S/C26H22Cl2N6O2/c1-15-11-17(30-26(35)31-18-6-10-21(27)22(28)12-18)5-9-20(15)24-32-23-13-29-34(25(23)33-24)14-16-3-7-19(36-2)8-4-16/h3-13H,14H2,1-2H3,(H,32,33)(H2,30,31,35). The number of urea groups is 1. The van der Waals surface area contributed by atoms with Gasteiger partial charge in [-0.1, -0.05) is 35.3 Å². The van der Waals surface area contributed by atoms with E-state index in [0.717, 1.165) is 39.4 Å². The van der Waals surface area contributed by atoms with E-state index >= 15 is 0 Å². The fraction of sp³-hybridized carbons (Fsp3) is 0.115. The van der Waals surface area contributed by atoms with Crippen molar-refractivity contribution in [3.63, 3.8) is 0 Å². The highest BCUT2D eigenvalue weighted by atomic mass is 35.5. The Morgan fingerprint density at radius 1 is 1.00 bits per heavy atom. The number of aromatic nitrogens is 4. The van der Waals surface area contributed by atoms with Crippen LogP contribution in [0.3, 0.4) is 0 Å². The number of ether oxygens (including phenoxy) is 1. The minimum Gasteiger partial charge on any atom is -0.497 e. The summed E-state index contributed by atoms with van der Waals surface area (Å²) in [6.45, 7) is 2.56. The molecule has 0 saturated heterocycles. The number of methoxy groups -OCH3 is 1. The number of carbonyl (C=O) groups is 1. The molecule has 0 unspecified atom stereocenters. The van der Waals surface area contributed by atoms with Crippen molar-refractivity contribution in [1.29, 1.82) is 0 Å². The van der Waals surface area contributed by atoms with Gasteiger partial charge in [-0.05, 0) is 66.6 Å². The number of anilines is 2. The van der Waals surface area contributed by atoms with E-state index in [1.165, 1.54) is 0 Å². The molecule has 0 spiro atoms. The van der Waals surface area contributed by atoms with Crippen molar-refractivity contribution in [2.45, 2.75) is 13.5 Å². The van der Waals surface area contributed by atoms with E-state index in [9.17, 15) is 4.79 Å². The maximum Gasteiger partial charge on any atom is 0.323 e. The number of rotatable bonds is 6. The molecule has 0 atom stereocenters. The van der Waals surface area contributed by atoms with E-state index in [1.54, 1.807) is 31.5 Å². The summed E-state index contributed by atoms with van der Waals surface area (Å²) < 4.78 is 7.08. The van der Waals surface area contributed by atoms with Crippen LogP contribution in [-0.4, -0.2) is 32.9 Å². The first-order chi connectivity index (χ1) is 17.4. The number of nitrogens with one attached hydrogen (secondary N) is 3. The molecule has 182 valence electrons. The Kier molecular flexibility index (Phi) is 6.54. The molecule has 2 aromatic heterocycles. The second-order valence-corrected chi connectivity index (χ2v) is 9.03. The number of imidazole rings is 1. The monoisotopic (exact) mass is 520 g/mol. The first-order valence-corrected chi connectivity index (χ1v) is 11.8. The average Bonchev–Trinajstić information content (AvgIpc) is 3.44. The number of halogens is 2. The van der Waals surface area contributed by atoms with Crippen LogP contribution in [-0.2, 0) is 6.54 Å². The van der Waals surface area contributed by atoms with Crippen LogP contribution < -0.4 is 15.4 Å². The molecule has 5 aromatic rings. The molecule has 0 radical (unpaired) electrons. The van der Waals surface area contributed by atoms with Crippen LogP contribution >= 0.6 is 23.2 Å². The van der Waals surface area contributed by atoms with Crippen molar-refractivity contribution in [3.05, 3.63) is 88.0 Å². The van der Waals surface area contributed by atoms with Crippen LogP contribution in [0.5, 0.6) is 5.75 Å². The third kappa shape index (κ3) is 5.00. The Bertz CT molecular complexity index is 1560. The van der Waals surface area contributed by atoms with Crippen LogP contribution in [0, 0.1) is 6.92 Å². The lowest BCUT2D eigenvalue weighted by atomic mass is 10.1. The third-order valence-corrected chi connectivity index (χ3v) is 6.43. The maximum atomic E-state index is 12.4. The lowest BCUT2D eigenvalue weighted by Gasteiger charge is -2.10. The minimum absolute atomic E-state index is 0.368. The van der Waals surface area contributed by atoms with Crippen molar-refractivity contribution in [3.8, 4) is 17.1 Å². The number of carbonyl (C=O) groups excluding carboxylic acids is 1. The SMILES string of the molecule is COc1ccc(Cn2ncc3[nH]c(-c4ccc(NC(=O)Nc5ccc(Cl)c(Cl)c5)cc4C)nc32)cc1. The molecule has 0 bridgehead atoms. The van der Waals surface area contributed by atoms with Crippen LogP contribution in [0.2, 0.25) is 10.0 Å². The molecule has 36 heavy (non-hydrogen) atoms. The molecule has 0 saturated carbocycles. The second kappa shape index (κ2) is 9.93. The van der Waals surface area contributed by atoms with Crippen molar-refractivity contribution < 1.29 is 9.53 Å². The zero-order valence-corrected chi connectivity index (χ0v) is 21.0. The molecule has 3 aromatic carbocycles. The van der Waals surface area contributed by atoms with Gasteiger partial charge in [0.15, 0.2) is 5.65 Å². The fourth-order valence-corrected chi connectivity index (χ4v) is 4.17. The zero-order chi connectivity index (χ0) is 25.2. The number of nitrogens with zero attached hydrogens (tertiary/aromatic N) is 3. The van der Waals surface area contributed by atoms with Crippen molar-refractivity contribution in [1.82, 2.24) is 19.7 Å². The first-order valence-electron chi connectivity index (χ1n) is 11.1. The van der Waals surface area contributed by atoms with Gasteiger partial charge in [-0.3, -0.25) is 0 Å². The predicted octanol–water partition coefficient (Wildman–Crippen LogP) is 6.74. The molecular formula is C26H22Cl2N6O2. The molecule has 2 heterocycles. The zero-order valence-electron chi connectivity index (χ0n) is 19.5. The summed E-state index contributed by atoms with van der Waals surface area (Å²) in [6, 6.07) is 18.0. The molecule has 8 nitrogen and oxygen atoms in total. The van der Waals surface area contributed by atoms with E-state index < -0.39 is 0 Å². The van der Waals surface area contributed by atoms with E-state index in [0.29, 0.717) is 28.0 Å². The number of benzene rings is 3. The first kappa shape index (κ1) is 23.7. The van der Waals surface area contributed by atoms with Gasteiger partial charge in [0, 0.05) is 16.9 Å². The Morgan fingerprint density at radius 3 is 2.42 bits per heavy atom. The van der Waals surface area contributed by atoms with Crippen molar-refractivity contribution in [2.75, 3.05) is 17.7 Å². The third-order valence-electron chi connectivity index (χ3n) is 5.69. The molecular weight excluding hydrogens is 499 g/mol. The van der Waals surface area contributed by atoms with Crippen LogP contribution in [0.15, 0.2) is 66.9 Å². The van der Waals surface area contributed by atoms with E-state index in [1.807, 2.05) is 54.1 Å². The fourth-order valence-electron chi connectivity index (χ4n) is 3.87. The van der Waals surface area contributed by atoms with Gasteiger partial charge in [-0.15, -0.1) is 0 Å². The van der Waals surface area contributed by atoms with E-state index in [2.05, 4.69) is 20.7 Å². The molecule has 5 rings (SSSR count). The van der Waals surface area contributed by atoms with Gasteiger partial charge in [0.1, 0.15) is 17.1 Å². The Balaban J connectivity index is 1.31. The van der Waals surface area contributed by atoms with Gasteiger partial charge in [-0.25, -0.2) is 14.5 Å². The van der Waals surface area contributed by atoms with Gasteiger partial charge < -0.3 is 20.4 Å². The summed E-state index contributed by atoms with van der Waals surface area (Å²) in [5, 5.41) is 10.8. The van der Waals surface area contributed by atoms with Gasteiger partial charge in [0.25, 0.3) is 0 Å². The molecule has 0 aliphatic heterocycles. The number of aryl methyl sites for hydroxylation is 1. The molecule has 0 aliphatic carbocycles. The molecule has 2 amide bonds. The number of aromatic amines is 1. The minimum atomic E-state index is -0.386. The van der Waals surface area contributed by atoms with Gasteiger partial charge in [0.2, 0.25) is 0 Å². The van der Waals surface area contributed by atoms with Crippen LogP contribution in [0.1, 0.15) is 11.1 Å². The quantitative estimate of drug-likeness (QED) is 0.231. The summed E-state index contributed by atoms with van der Waals surface area (Å²) >= 11 is 11.9. The smallest absolute Gasteiger partial charge is 0.323 e. The molecule has 0 aliphatic rings. The van der Waals surface area contributed by atoms with E-state index in [4.69, 9.17) is 32.9 Å². The number of H-pyrrole nitrogens is 1. The van der Waals surface area contributed by atoms with Gasteiger partial charge in [-0.2, -0.15) is 5.10 Å². The maximum absolute atomic E-state index is 12.4. The summed E-state index contributed by atoms with van der Waals surface area (Å²) in [5.41, 5.74) is 5.78. The van der Waals surface area contributed by atoms with Crippen molar-refractivity contribution in [2.24, 2.45) is 0 Å². The highest BCUT2D eigenvalue weighted by Crippen LogP contribution is 2.27. The lowest BCUT2D eigenvalue weighted by molar-refractivity contribution is 0.262. The molecule has 10 heteroatoms. The van der Waals surface area contributed by atoms with Gasteiger partial charge in [0.05, 0.1) is 29.9 Å². The number of hydrogen-bond acceptors (Lipinski definition) is 4. The Morgan fingerprint density at radius 2 is 1.72 bits per heavy atom. The second-order valence-electron chi connectivity index (χ2n) is 8.21. The number of hydrogen-bond donors (Lipinski definition) is 3. The van der Waals surface area contributed by atoms with Gasteiger partial charge >= 0.3 is 6.03 Å². The summed E-state index contributed by atoms with van der Waals surface area (Å²) in [5.74, 6) is 1.54. The highest BCUT2D eigenvalue weighted by Gasteiger charge is 2.14. The number of fused-ring (bicyclic) bond motifs is 1. The summed E-state index contributed by atoms with van der Waals surface area (Å²) in [4.78, 5) is 20.6. The summed E-state index contributed by atoms with van der Waals surface area (Å²) in [7, 11) is 1.65. The van der Waals surface area contributed by atoms with Crippen molar-refractivity contribution >= 4 is 51.8 Å². The highest BCUT2D eigenvalue weighted by molar-refractivity contribution is 6.42. The number of amides is 2. The average molecular weight is 521 g/mol. The summed E-state index contributed by atoms with van der Waals surface area (Å²) in [6.07, 6.45) is 1.77. The van der Waals surface area contributed by atoms with Crippen LogP contribution in [0.25, 0.3) is 22.6 Å². The topological polar surface area (TPSA) is 96.9 Å². The predicted molar refractivity (Wildman–Crippen MR) is 143 cm³/mol. The van der Waals surface area contributed by atoms with E-state index in [-0.39, 0.29) is 6.03 Å². The molecule has 0 fully saturated rings. The van der Waals surface area contributed by atoms with Crippen LogP contribution in [0.4, 0.5) is 16.2 Å². The Hall–Kier alpha value is -4.01. The largest absolute Gasteiger partial charge is 0.497 e. The normalized spacial score (nSPS) is 11.0. The lowest BCUT2D eigenvalue weighted by Crippen LogP contribution is -2.19. The molecule has 3 N–H and O–H groups in total. The Labute approximate surface area is 217 Å².